The lowest BCUT2D eigenvalue weighted by Gasteiger charge is -2.34. The predicted molar refractivity (Wildman–Crippen MR) is 102 cm³/mol. The molecule has 2 aromatic rings. The lowest BCUT2D eigenvalue weighted by Crippen LogP contribution is -2.42. The van der Waals surface area contributed by atoms with E-state index >= 15 is 0 Å². The van der Waals surface area contributed by atoms with Gasteiger partial charge in [0.05, 0.1) is 13.2 Å². The number of halogens is 1. The van der Waals surface area contributed by atoms with E-state index in [0.717, 1.165) is 41.8 Å². The number of anilines is 1. The number of benzene rings is 2. The van der Waals surface area contributed by atoms with E-state index in [4.69, 9.17) is 4.74 Å². The average molecular weight is 359 g/mol. The van der Waals surface area contributed by atoms with Crippen LogP contribution < -0.4 is 5.32 Å². The Hall–Kier alpha value is -2.04. The zero-order valence-corrected chi connectivity index (χ0v) is 14.9. The molecular weight excluding hydrogens is 336 g/mol. The molecule has 1 saturated heterocycles. The second-order valence-electron chi connectivity index (χ2n) is 6.38. The number of ether oxygens (including phenoxy) is 1. The van der Waals surface area contributed by atoms with Crippen molar-refractivity contribution >= 4 is 24.0 Å². The van der Waals surface area contributed by atoms with Crippen LogP contribution in [0.25, 0.3) is 0 Å². The van der Waals surface area contributed by atoms with Gasteiger partial charge < -0.3 is 15.0 Å². The molecule has 0 aliphatic carbocycles. The van der Waals surface area contributed by atoms with Crippen LogP contribution >= 0.6 is 12.4 Å². The van der Waals surface area contributed by atoms with Gasteiger partial charge in [0.25, 0.3) is 5.91 Å². The monoisotopic (exact) mass is 358 g/mol. The van der Waals surface area contributed by atoms with Gasteiger partial charge in [-0.15, -0.1) is 12.4 Å². The molecule has 2 heterocycles. The van der Waals surface area contributed by atoms with E-state index in [1.165, 1.54) is 0 Å². The molecule has 1 fully saturated rings. The Morgan fingerprint density at radius 2 is 1.96 bits per heavy atom. The summed E-state index contributed by atoms with van der Waals surface area (Å²) in [6.07, 6.45) is 2.01. The summed E-state index contributed by atoms with van der Waals surface area (Å²) >= 11 is 0. The smallest absolute Gasteiger partial charge is 0.254 e. The van der Waals surface area contributed by atoms with E-state index < -0.39 is 0 Å². The van der Waals surface area contributed by atoms with Crippen LogP contribution in [-0.4, -0.2) is 37.0 Å². The van der Waals surface area contributed by atoms with Crippen LogP contribution in [0.15, 0.2) is 48.5 Å². The van der Waals surface area contributed by atoms with Crippen LogP contribution in [0.4, 0.5) is 5.69 Å². The molecule has 4 nitrogen and oxygen atoms in total. The van der Waals surface area contributed by atoms with Crippen molar-refractivity contribution in [3.8, 4) is 0 Å². The number of rotatable bonds is 2. The Labute approximate surface area is 154 Å². The van der Waals surface area contributed by atoms with Crippen LogP contribution in [0.1, 0.15) is 34.0 Å². The Kier molecular flexibility index (Phi) is 5.61. The fraction of sp³-hybridized carbons (Fsp3) is 0.350. The molecule has 0 radical (unpaired) electrons. The number of hydrogen-bond acceptors (Lipinski definition) is 3. The third-order valence-electron chi connectivity index (χ3n) is 4.85. The van der Waals surface area contributed by atoms with Gasteiger partial charge >= 0.3 is 0 Å². The van der Waals surface area contributed by atoms with Gasteiger partial charge in [-0.2, -0.15) is 0 Å². The zero-order valence-electron chi connectivity index (χ0n) is 14.1. The first kappa shape index (κ1) is 17.8. The minimum absolute atomic E-state index is 0. The predicted octanol–water partition coefficient (Wildman–Crippen LogP) is 3.68. The topological polar surface area (TPSA) is 41.6 Å². The Balaban J connectivity index is 0.00000182. The summed E-state index contributed by atoms with van der Waals surface area (Å²) in [5.41, 5.74) is 4.25. The van der Waals surface area contributed by atoms with Crippen LogP contribution in [0.5, 0.6) is 0 Å². The highest BCUT2D eigenvalue weighted by Crippen LogP contribution is 2.28. The van der Waals surface area contributed by atoms with E-state index in [1.807, 2.05) is 35.2 Å². The lowest BCUT2D eigenvalue weighted by molar-refractivity contribution is -0.0228. The number of carbonyl (C=O) groups is 1. The van der Waals surface area contributed by atoms with E-state index in [0.29, 0.717) is 19.7 Å². The van der Waals surface area contributed by atoms with Crippen LogP contribution in [0.2, 0.25) is 0 Å². The number of nitrogens with zero attached hydrogens (tertiary/aromatic N) is 1. The van der Waals surface area contributed by atoms with Gasteiger partial charge in [-0.3, -0.25) is 4.79 Å². The maximum absolute atomic E-state index is 13.1. The van der Waals surface area contributed by atoms with Crippen molar-refractivity contribution in [3.05, 3.63) is 65.2 Å². The number of hydrogen-bond donors (Lipinski definition) is 1. The summed E-state index contributed by atoms with van der Waals surface area (Å²) in [4.78, 5) is 15.0. The molecule has 1 atom stereocenters. The molecule has 1 unspecified atom stereocenters. The van der Waals surface area contributed by atoms with Gasteiger partial charge in [-0.25, -0.2) is 0 Å². The lowest BCUT2D eigenvalue weighted by atomic mass is 9.96. The van der Waals surface area contributed by atoms with Gasteiger partial charge in [-0.05, 0) is 36.1 Å². The van der Waals surface area contributed by atoms with Crippen molar-refractivity contribution in [3.63, 3.8) is 0 Å². The number of amides is 1. The highest BCUT2D eigenvalue weighted by molar-refractivity contribution is 5.97. The summed E-state index contributed by atoms with van der Waals surface area (Å²) in [5, 5.41) is 3.40. The molecule has 2 aromatic carbocycles. The van der Waals surface area contributed by atoms with E-state index in [9.17, 15) is 4.79 Å². The third kappa shape index (κ3) is 3.65. The van der Waals surface area contributed by atoms with E-state index in [-0.39, 0.29) is 24.4 Å². The fourth-order valence-electron chi connectivity index (χ4n) is 3.58. The SMILES string of the molecule is Cl.O=C(c1cccc2c1CCCN2)N1CCOC(c2ccccc2)C1. The number of fused-ring (bicyclic) bond motifs is 1. The van der Waals surface area contributed by atoms with Crippen LogP contribution in [0.3, 0.4) is 0 Å². The molecule has 5 heteroatoms. The maximum Gasteiger partial charge on any atom is 0.254 e. The summed E-state index contributed by atoms with van der Waals surface area (Å²) in [5.74, 6) is 0.125. The molecular formula is C20H23ClN2O2. The Morgan fingerprint density at radius 3 is 2.80 bits per heavy atom. The molecule has 4 rings (SSSR count). The largest absolute Gasteiger partial charge is 0.385 e. The molecule has 0 aromatic heterocycles. The average Bonchev–Trinajstić information content (AvgIpc) is 2.68. The summed E-state index contributed by atoms with van der Waals surface area (Å²) < 4.78 is 5.89. The van der Waals surface area contributed by atoms with Gasteiger partial charge in [0, 0.05) is 24.3 Å². The first-order valence-electron chi connectivity index (χ1n) is 8.64. The Bertz CT molecular complexity index is 736. The first-order chi connectivity index (χ1) is 11.8. The van der Waals surface area contributed by atoms with Crippen molar-refractivity contribution in [2.45, 2.75) is 18.9 Å². The molecule has 1 amide bonds. The summed E-state index contributed by atoms with van der Waals surface area (Å²) in [7, 11) is 0. The zero-order chi connectivity index (χ0) is 16.4. The second kappa shape index (κ2) is 7.89. The first-order valence-corrected chi connectivity index (χ1v) is 8.64. The maximum atomic E-state index is 13.1. The molecule has 1 N–H and O–H groups in total. The van der Waals surface area contributed by atoms with Gasteiger partial charge in [0.15, 0.2) is 0 Å². The number of carbonyl (C=O) groups excluding carboxylic acids is 1. The van der Waals surface area contributed by atoms with E-state index in [2.05, 4.69) is 23.5 Å². The second-order valence-corrected chi connectivity index (χ2v) is 6.38. The quantitative estimate of drug-likeness (QED) is 0.890. The van der Waals surface area contributed by atoms with Gasteiger partial charge in [0.1, 0.15) is 6.10 Å². The van der Waals surface area contributed by atoms with Gasteiger partial charge in [-0.1, -0.05) is 36.4 Å². The number of morpholine rings is 1. The molecule has 0 bridgehead atoms. The standard InChI is InChI=1S/C20H22N2O2.ClH/c23-20(17-8-4-10-18-16(17)9-5-11-21-18)22-12-13-24-19(14-22)15-6-2-1-3-7-15;/h1-4,6-8,10,19,21H,5,9,11-14H2;1H. The van der Waals surface area contributed by atoms with Crippen molar-refractivity contribution in [1.29, 1.82) is 0 Å². The highest BCUT2D eigenvalue weighted by atomic mass is 35.5. The van der Waals surface area contributed by atoms with Crippen molar-refractivity contribution < 1.29 is 9.53 Å². The summed E-state index contributed by atoms with van der Waals surface area (Å²) in [6.45, 7) is 2.83. The van der Waals surface area contributed by atoms with Crippen LogP contribution in [-0.2, 0) is 11.2 Å². The molecule has 25 heavy (non-hydrogen) atoms. The van der Waals surface area contributed by atoms with Crippen molar-refractivity contribution in [2.24, 2.45) is 0 Å². The molecule has 0 saturated carbocycles. The molecule has 2 aliphatic rings. The highest BCUT2D eigenvalue weighted by Gasteiger charge is 2.28. The number of nitrogens with one attached hydrogen (secondary N) is 1. The molecule has 132 valence electrons. The minimum Gasteiger partial charge on any atom is -0.385 e. The Morgan fingerprint density at radius 1 is 1.12 bits per heavy atom. The van der Waals surface area contributed by atoms with E-state index in [1.54, 1.807) is 0 Å². The molecule has 2 aliphatic heterocycles. The van der Waals surface area contributed by atoms with Crippen LogP contribution in [0, 0.1) is 0 Å². The molecule has 0 spiro atoms. The van der Waals surface area contributed by atoms with Crippen molar-refractivity contribution in [1.82, 2.24) is 4.90 Å². The third-order valence-corrected chi connectivity index (χ3v) is 4.85. The van der Waals surface area contributed by atoms with Gasteiger partial charge in [0.2, 0.25) is 0 Å². The summed E-state index contributed by atoms with van der Waals surface area (Å²) in [6, 6.07) is 16.1. The minimum atomic E-state index is -0.0402. The van der Waals surface area contributed by atoms with Crippen molar-refractivity contribution in [2.75, 3.05) is 31.6 Å². The fourth-order valence-corrected chi connectivity index (χ4v) is 3.58. The normalized spacial score (nSPS) is 19.4.